The molecule has 4 aliphatic heterocycles. The Morgan fingerprint density at radius 2 is 1.41 bits per heavy atom. The highest BCUT2D eigenvalue weighted by Gasteiger charge is 2.48. The maximum Gasteiger partial charge on any atom is 0.303 e. The van der Waals surface area contributed by atoms with Gasteiger partial charge in [0.2, 0.25) is 0 Å². The van der Waals surface area contributed by atoms with Gasteiger partial charge in [-0.25, -0.2) is 0 Å². The minimum Gasteiger partial charge on any atom is -0.457 e. The Kier molecular flexibility index (Phi) is 15.1. The van der Waals surface area contributed by atoms with Crippen LogP contribution in [0.25, 0.3) is 0 Å². The van der Waals surface area contributed by atoms with Gasteiger partial charge in [0.1, 0.15) is 54.3 Å². The van der Waals surface area contributed by atoms with Crippen molar-refractivity contribution in [3.05, 3.63) is 0 Å². The van der Waals surface area contributed by atoms with Gasteiger partial charge in [0.05, 0.1) is 38.1 Å². The van der Waals surface area contributed by atoms with Crippen molar-refractivity contribution in [2.75, 3.05) is 26.4 Å². The minimum absolute atomic E-state index is 0. The number of esters is 1. The van der Waals surface area contributed by atoms with Gasteiger partial charge in [0, 0.05) is 26.4 Å². The molecule has 39 heavy (non-hydrogen) atoms. The molecule has 0 aromatic carbocycles. The fourth-order valence-corrected chi connectivity index (χ4v) is 4.47. The summed E-state index contributed by atoms with van der Waals surface area (Å²) in [6.45, 7) is 5.12. The summed E-state index contributed by atoms with van der Waals surface area (Å²) >= 11 is 0. The summed E-state index contributed by atoms with van der Waals surface area (Å²) in [6.07, 6.45) is -7.16. The number of Topliss-reactive ketones (excluding diaryl/α,β-unsaturated/α-hetero) is 2. The third-order valence-electron chi connectivity index (χ3n) is 6.37. The zero-order chi connectivity index (χ0) is 28.6. The quantitative estimate of drug-likeness (QED) is 0.167. The highest BCUT2D eigenvalue weighted by Crippen LogP contribution is 2.28. The molecular weight excluding hydrogens is 528 g/mol. The van der Waals surface area contributed by atoms with Gasteiger partial charge < -0.3 is 59.8 Å². The smallest absolute Gasteiger partial charge is 0.303 e. The summed E-state index contributed by atoms with van der Waals surface area (Å²) in [6, 6.07) is 0. The summed E-state index contributed by atoms with van der Waals surface area (Å²) in [7, 11) is 0. The molecule has 11 atom stereocenters. The number of rotatable bonds is 6. The molecule has 15 heteroatoms. The predicted octanol–water partition coefficient (Wildman–Crippen LogP) is -3.82. The van der Waals surface area contributed by atoms with Crippen LogP contribution < -0.4 is 0 Å². The first-order valence-corrected chi connectivity index (χ1v) is 12.5. The van der Waals surface area contributed by atoms with E-state index < -0.39 is 48.8 Å². The second-order valence-electron chi connectivity index (χ2n) is 9.80. The number of ether oxygens (including phenoxy) is 5. The number of aliphatic hydroxyl groups is 6. The largest absolute Gasteiger partial charge is 0.457 e. The Hall–Kier alpha value is -1.63. The van der Waals surface area contributed by atoms with Crippen LogP contribution in [0.15, 0.2) is 0 Å². The lowest BCUT2D eigenvalue weighted by Crippen LogP contribution is -2.53. The van der Waals surface area contributed by atoms with Crippen molar-refractivity contribution in [3.63, 3.8) is 0 Å². The number of carbonyl (C=O) groups is 3. The third-order valence-corrected chi connectivity index (χ3v) is 6.37. The highest BCUT2D eigenvalue weighted by atomic mass is 16.6. The van der Waals surface area contributed by atoms with Crippen LogP contribution in [-0.2, 0) is 38.1 Å². The first kappa shape index (κ1) is 35.4. The van der Waals surface area contributed by atoms with Gasteiger partial charge in [0.25, 0.3) is 0 Å². The van der Waals surface area contributed by atoms with Crippen LogP contribution in [0.3, 0.4) is 0 Å². The van der Waals surface area contributed by atoms with E-state index in [1.165, 1.54) is 20.8 Å². The number of hydrogen-bond donors (Lipinski definition) is 6. The van der Waals surface area contributed by atoms with E-state index in [1.807, 2.05) is 0 Å². The van der Waals surface area contributed by atoms with E-state index in [0.29, 0.717) is 19.6 Å². The Bertz CT molecular complexity index is 765. The van der Waals surface area contributed by atoms with Gasteiger partial charge >= 0.3 is 5.97 Å². The molecule has 8 N–H and O–H groups in total. The minimum atomic E-state index is -1.22. The lowest BCUT2D eigenvalue weighted by atomic mass is 9.97. The predicted molar refractivity (Wildman–Crippen MR) is 129 cm³/mol. The molecule has 4 saturated heterocycles. The maximum absolute atomic E-state index is 10.7. The average molecular weight is 571 g/mol. The molecular formula is C24H42O15. The van der Waals surface area contributed by atoms with Crippen molar-refractivity contribution < 1.29 is 74.2 Å². The molecule has 0 aromatic rings. The van der Waals surface area contributed by atoms with Gasteiger partial charge in [-0.15, -0.1) is 0 Å². The van der Waals surface area contributed by atoms with Gasteiger partial charge in [-0.1, -0.05) is 0 Å². The van der Waals surface area contributed by atoms with Crippen molar-refractivity contribution in [2.24, 2.45) is 0 Å². The van der Waals surface area contributed by atoms with E-state index in [0.717, 1.165) is 0 Å². The molecule has 0 amide bonds. The van der Waals surface area contributed by atoms with Crippen molar-refractivity contribution >= 4 is 17.5 Å². The van der Waals surface area contributed by atoms with Gasteiger partial charge in [0.15, 0.2) is 6.10 Å². The van der Waals surface area contributed by atoms with Crippen LogP contribution in [0.2, 0.25) is 0 Å². The van der Waals surface area contributed by atoms with Crippen LogP contribution in [-0.4, -0.2) is 147 Å². The molecule has 4 heterocycles. The molecule has 11 unspecified atom stereocenters. The Labute approximate surface area is 225 Å². The van der Waals surface area contributed by atoms with Crippen LogP contribution in [0.4, 0.5) is 0 Å². The number of fused-ring (bicyclic) bond motifs is 1. The fourth-order valence-electron chi connectivity index (χ4n) is 4.47. The molecule has 0 aliphatic carbocycles. The topological polar surface area (TPSA) is 250 Å². The second kappa shape index (κ2) is 16.6. The zero-order valence-corrected chi connectivity index (χ0v) is 22.2. The number of hydrogen-bond acceptors (Lipinski definition) is 14. The van der Waals surface area contributed by atoms with E-state index in [-0.39, 0.29) is 67.4 Å². The Morgan fingerprint density at radius 1 is 0.795 bits per heavy atom. The molecule has 228 valence electrons. The molecule has 4 fully saturated rings. The highest BCUT2D eigenvalue weighted by molar-refractivity contribution is 5.76. The zero-order valence-electron chi connectivity index (χ0n) is 22.2. The first-order chi connectivity index (χ1) is 17.8. The normalized spacial score (nSPS) is 37.7. The molecule has 0 spiro atoms. The van der Waals surface area contributed by atoms with E-state index in [4.69, 9.17) is 28.8 Å². The summed E-state index contributed by atoms with van der Waals surface area (Å²) in [5, 5.41) is 55.7. The first-order valence-electron chi connectivity index (χ1n) is 12.5. The molecule has 15 nitrogen and oxygen atoms in total. The van der Waals surface area contributed by atoms with Gasteiger partial charge in [-0.3, -0.25) is 14.4 Å². The van der Waals surface area contributed by atoms with Crippen molar-refractivity contribution in [3.8, 4) is 0 Å². The van der Waals surface area contributed by atoms with E-state index in [9.17, 15) is 39.9 Å². The molecule has 4 aliphatic rings. The Morgan fingerprint density at radius 3 is 1.95 bits per heavy atom. The Balaban J connectivity index is 0.000000289. The molecule has 0 radical (unpaired) electrons. The van der Waals surface area contributed by atoms with E-state index >= 15 is 0 Å². The lowest BCUT2D eigenvalue weighted by molar-refractivity contribution is -0.188. The standard InChI is InChI=1S/C8H12O5.C8H14O5.C8H14O4.H2O/c1-4(9)13-6-3-12-7-5(10)2-11-8(6)7;1-4(9)2-6-8(12)7(11)5(10)3-13-6;1-5(9)4-7(11)8-6(10)2-3-12-8;/h5-8,10H,2-3H2,1H3;5-8,10-12H,2-3H2,1H3;6-8,10-11H,2-4H2,1H3;1H2. The number of ketones is 2. The van der Waals surface area contributed by atoms with Crippen LogP contribution in [0, 0.1) is 0 Å². The lowest BCUT2D eigenvalue weighted by Gasteiger charge is -2.34. The molecule has 4 rings (SSSR count). The van der Waals surface area contributed by atoms with Crippen molar-refractivity contribution in [2.45, 2.75) is 107 Å². The van der Waals surface area contributed by atoms with Crippen molar-refractivity contribution in [1.29, 1.82) is 0 Å². The molecule has 0 aromatic heterocycles. The molecule has 0 saturated carbocycles. The summed E-state index contributed by atoms with van der Waals surface area (Å²) in [4.78, 5) is 32.0. The van der Waals surface area contributed by atoms with Gasteiger partial charge in [-0.2, -0.15) is 0 Å². The van der Waals surface area contributed by atoms with E-state index in [1.54, 1.807) is 0 Å². The number of carbonyl (C=O) groups excluding carboxylic acids is 3. The number of aliphatic hydroxyl groups excluding tert-OH is 6. The monoisotopic (exact) mass is 570 g/mol. The van der Waals surface area contributed by atoms with Crippen LogP contribution >= 0.6 is 0 Å². The fraction of sp³-hybridized carbons (Fsp3) is 0.875. The van der Waals surface area contributed by atoms with Crippen molar-refractivity contribution in [1.82, 2.24) is 0 Å². The van der Waals surface area contributed by atoms with Gasteiger partial charge in [-0.05, 0) is 20.3 Å². The maximum atomic E-state index is 10.7. The summed E-state index contributed by atoms with van der Waals surface area (Å²) in [5.41, 5.74) is 0. The summed E-state index contributed by atoms with van der Waals surface area (Å²) in [5.74, 6) is -0.558. The van der Waals surface area contributed by atoms with Crippen LogP contribution in [0.5, 0.6) is 0 Å². The third kappa shape index (κ3) is 10.7. The summed E-state index contributed by atoms with van der Waals surface area (Å²) < 4.78 is 25.6. The van der Waals surface area contributed by atoms with Crippen LogP contribution in [0.1, 0.15) is 40.0 Å². The SMILES string of the molecule is CC(=O)CC(O)C1OCCC1O.CC(=O)CC1OCC(O)C(O)C1O.CC(=O)OC1COC2C(O)COC12.O. The second-order valence-corrected chi connectivity index (χ2v) is 9.80. The molecule has 0 bridgehead atoms. The van der Waals surface area contributed by atoms with E-state index in [2.05, 4.69) is 0 Å². The average Bonchev–Trinajstić information content (AvgIpc) is 3.53.